The Kier molecular flexibility index (Phi) is 5.81. The fraction of sp³-hybridized carbons (Fsp3) is 0.0870. The molecule has 0 saturated carbocycles. The van der Waals surface area contributed by atoms with E-state index in [0.29, 0.717) is 11.3 Å². The summed E-state index contributed by atoms with van der Waals surface area (Å²) in [5, 5.41) is 8.64. The molecular weight excluding hydrogens is 396 g/mol. The Bertz CT molecular complexity index is 1200. The third-order valence-electron chi connectivity index (χ3n) is 4.58. The molecule has 0 unspecified atom stereocenters. The van der Waals surface area contributed by atoms with Gasteiger partial charge in [-0.1, -0.05) is 48.2 Å². The molecule has 2 amide bonds. The Hall–Kier alpha value is -3.58. The number of nitrogens with zero attached hydrogens (tertiary/aromatic N) is 2. The maximum absolute atomic E-state index is 12.6. The number of nitrogens with one attached hydrogen (secondary N) is 2. The Balaban J connectivity index is 1.37. The summed E-state index contributed by atoms with van der Waals surface area (Å²) in [4.78, 5) is 29.0. The van der Waals surface area contributed by atoms with Gasteiger partial charge in [-0.05, 0) is 35.7 Å². The number of carbonyl (C=O) groups excluding carboxylic acids is 2. The average Bonchev–Trinajstić information content (AvgIpc) is 3.18. The Morgan fingerprint density at radius 1 is 0.967 bits per heavy atom. The molecule has 0 aliphatic heterocycles. The van der Waals surface area contributed by atoms with Crippen molar-refractivity contribution >= 4 is 45.7 Å². The van der Waals surface area contributed by atoms with E-state index in [4.69, 9.17) is 0 Å². The summed E-state index contributed by atoms with van der Waals surface area (Å²) >= 11 is 1.37. The van der Waals surface area contributed by atoms with Crippen molar-refractivity contribution in [1.29, 1.82) is 0 Å². The molecule has 2 N–H and O–H groups in total. The van der Waals surface area contributed by atoms with Gasteiger partial charge < -0.3 is 15.2 Å². The number of amides is 2. The SMILES string of the molecule is Cn1ccnc1SCC(=O)Nc1ccc(C(=O)Nc2cccc3ccccc23)cc1. The Morgan fingerprint density at radius 3 is 2.50 bits per heavy atom. The predicted octanol–water partition coefficient (Wildman–Crippen LogP) is 4.56. The van der Waals surface area contributed by atoms with Crippen molar-refractivity contribution in [3.8, 4) is 0 Å². The van der Waals surface area contributed by atoms with Crippen LogP contribution in [0.3, 0.4) is 0 Å². The summed E-state index contributed by atoms with van der Waals surface area (Å²) in [5.41, 5.74) is 1.92. The highest BCUT2D eigenvalue weighted by Gasteiger charge is 2.10. The molecule has 0 bridgehead atoms. The second kappa shape index (κ2) is 8.84. The standard InChI is InChI=1S/C23H20N4O2S/c1-27-14-13-24-23(27)30-15-21(28)25-18-11-9-17(10-12-18)22(29)26-20-8-4-6-16-5-2-3-7-19(16)20/h2-14H,15H2,1H3,(H,25,28)(H,26,29). The minimum Gasteiger partial charge on any atom is -0.329 e. The maximum atomic E-state index is 12.6. The van der Waals surface area contributed by atoms with Gasteiger partial charge in [0, 0.05) is 41.8 Å². The number of fused-ring (bicyclic) bond motifs is 1. The zero-order chi connectivity index (χ0) is 20.9. The molecule has 0 radical (unpaired) electrons. The molecule has 4 aromatic rings. The van der Waals surface area contributed by atoms with Gasteiger partial charge in [0.05, 0.1) is 5.75 Å². The van der Waals surface area contributed by atoms with Crippen LogP contribution in [0.4, 0.5) is 11.4 Å². The lowest BCUT2D eigenvalue weighted by molar-refractivity contribution is -0.113. The number of aryl methyl sites for hydroxylation is 1. The highest BCUT2D eigenvalue weighted by Crippen LogP contribution is 2.24. The van der Waals surface area contributed by atoms with Crippen LogP contribution in [0.15, 0.2) is 84.3 Å². The van der Waals surface area contributed by atoms with E-state index < -0.39 is 0 Å². The van der Waals surface area contributed by atoms with Crippen LogP contribution in [0, 0.1) is 0 Å². The van der Waals surface area contributed by atoms with Crippen LogP contribution in [0.2, 0.25) is 0 Å². The van der Waals surface area contributed by atoms with Gasteiger partial charge in [0.15, 0.2) is 5.16 Å². The van der Waals surface area contributed by atoms with Crippen LogP contribution < -0.4 is 10.6 Å². The molecule has 0 aliphatic rings. The molecule has 0 atom stereocenters. The van der Waals surface area contributed by atoms with E-state index in [2.05, 4.69) is 15.6 Å². The fourth-order valence-electron chi connectivity index (χ4n) is 3.05. The molecule has 1 heterocycles. The fourth-order valence-corrected chi connectivity index (χ4v) is 3.78. The van der Waals surface area contributed by atoms with Crippen molar-refractivity contribution in [2.24, 2.45) is 7.05 Å². The summed E-state index contributed by atoms with van der Waals surface area (Å²) in [6.45, 7) is 0. The van der Waals surface area contributed by atoms with Crippen LogP contribution in [-0.2, 0) is 11.8 Å². The first-order chi connectivity index (χ1) is 14.6. The van der Waals surface area contributed by atoms with E-state index in [1.54, 1.807) is 30.5 Å². The molecule has 0 aliphatic carbocycles. The molecule has 30 heavy (non-hydrogen) atoms. The van der Waals surface area contributed by atoms with E-state index in [-0.39, 0.29) is 17.6 Å². The van der Waals surface area contributed by atoms with E-state index in [0.717, 1.165) is 21.6 Å². The summed E-state index contributed by atoms with van der Waals surface area (Å²) in [5.74, 6) is -0.0701. The minimum absolute atomic E-state index is 0.129. The first-order valence-corrected chi connectivity index (χ1v) is 10.4. The first kappa shape index (κ1) is 19.7. The Labute approximate surface area is 178 Å². The number of benzene rings is 3. The molecule has 0 spiro atoms. The molecule has 0 saturated heterocycles. The van der Waals surface area contributed by atoms with Crippen molar-refractivity contribution in [2.75, 3.05) is 16.4 Å². The van der Waals surface area contributed by atoms with Crippen LogP contribution in [-0.4, -0.2) is 27.1 Å². The normalized spacial score (nSPS) is 10.7. The highest BCUT2D eigenvalue weighted by atomic mass is 32.2. The van der Waals surface area contributed by atoms with E-state index in [1.807, 2.05) is 60.3 Å². The van der Waals surface area contributed by atoms with Gasteiger partial charge in [0.1, 0.15) is 0 Å². The number of aromatic nitrogens is 2. The third-order valence-corrected chi connectivity index (χ3v) is 5.64. The van der Waals surface area contributed by atoms with Crippen molar-refractivity contribution < 1.29 is 9.59 Å². The average molecular weight is 417 g/mol. The number of thioether (sulfide) groups is 1. The number of hydrogen-bond donors (Lipinski definition) is 2. The number of hydrogen-bond acceptors (Lipinski definition) is 4. The molecule has 4 rings (SSSR count). The molecule has 6 nitrogen and oxygen atoms in total. The number of anilines is 2. The number of carbonyl (C=O) groups is 2. The van der Waals surface area contributed by atoms with E-state index in [9.17, 15) is 9.59 Å². The van der Waals surface area contributed by atoms with Crippen molar-refractivity contribution in [3.63, 3.8) is 0 Å². The van der Waals surface area contributed by atoms with Crippen molar-refractivity contribution in [2.45, 2.75) is 5.16 Å². The largest absolute Gasteiger partial charge is 0.329 e. The summed E-state index contributed by atoms with van der Waals surface area (Å²) in [6.07, 6.45) is 3.53. The summed E-state index contributed by atoms with van der Waals surface area (Å²) < 4.78 is 1.86. The summed E-state index contributed by atoms with van der Waals surface area (Å²) in [7, 11) is 1.88. The smallest absolute Gasteiger partial charge is 0.255 e. The van der Waals surface area contributed by atoms with Crippen molar-refractivity contribution in [3.05, 3.63) is 84.7 Å². The third kappa shape index (κ3) is 4.52. The lowest BCUT2D eigenvalue weighted by Gasteiger charge is -2.10. The molecule has 150 valence electrons. The van der Waals surface area contributed by atoms with Gasteiger partial charge in [0.2, 0.25) is 5.91 Å². The second-order valence-corrected chi connectivity index (χ2v) is 7.66. The lowest BCUT2D eigenvalue weighted by Crippen LogP contribution is -2.15. The predicted molar refractivity (Wildman–Crippen MR) is 121 cm³/mol. The zero-order valence-electron chi connectivity index (χ0n) is 16.3. The van der Waals surface area contributed by atoms with Gasteiger partial charge in [-0.3, -0.25) is 9.59 Å². The lowest BCUT2D eigenvalue weighted by atomic mass is 10.1. The quantitative estimate of drug-likeness (QED) is 0.452. The molecule has 0 fully saturated rings. The van der Waals surface area contributed by atoms with Crippen LogP contribution >= 0.6 is 11.8 Å². The van der Waals surface area contributed by atoms with Crippen LogP contribution in [0.1, 0.15) is 10.4 Å². The molecular formula is C23H20N4O2S. The molecule has 3 aromatic carbocycles. The first-order valence-electron chi connectivity index (χ1n) is 9.39. The van der Waals surface area contributed by atoms with E-state index in [1.165, 1.54) is 11.8 Å². The van der Waals surface area contributed by atoms with Crippen LogP contribution in [0.25, 0.3) is 10.8 Å². The minimum atomic E-state index is -0.199. The van der Waals surface area contributed by atoms with Crippen LogP contribution in [0.5, 0.6) is 0 Å². The maximum Gasteiger partial charge on any atom is 0.255 e. The van der Waals surface area contributed by atoms with Crippen molar-refractivity contribution in [1.82, 2.24) is 9.55 Å². The van der Waals surface area contributed by atoms with Gasteiger partial charge in [-0.25, -0.2) is 4.98 Å². The number of rotatable bonds is 6. The Morgan fingerprint density at radius 2 is 1.73 bits per heavy atom. The number of imidazole rings is 1. The van der Waals surface area contributed by atoms with E-state index >= 15 is 0 Å². The monoisotopic (exact) mass is 416 g/mol. The summed E-state index contributed by atoms with van der Waals surface area (Å²) in [6, 6.07) is 20.5. The zero-order valence-corrected chi connectivity index (χ0v) is 17.1. The topological polar surface area (TPSA) is 76.0 Å². The van der Waals surface area contributed by atoms with Gasteiger partial charge in [-0.15, -0.1) is 0 Å². The highest BCUT2D eigenvalue weighted by molar-refractivity contribution is 7.99. The molecule has 7 heteroatoms. The molecule has 1 aromatic heterocycles. The van der Waals surface area contributed by atoms with Gasteiger partial charge in [0.25, 0.3) is 5.91 Å². The van der Waals surface area contributed by atoms with Gasteiger partial charge >= 0.3 is 0 Å². The second-order valence-electron chi connectivity index (χ2n) is 6.72. The van der Waals surface area contributed by atoms with Gasteiger partial charge in [-0.2, -0.15) is 0 Å².